The Morgan fingerprint density at radius 3 is 2.57 bits per heavy atom. The van der Waals surface area contributed by atoms with Crippen molar-refractivity contribution in [3.05, 3.63) is 56.8 Å². The minimum absolute atomic E-state index is 0.0402. The van der Waals surface area contributed by atoms with Gasteiger partial charge in [-0.05, 0) is 26.0 Å². The van der Waals surface area contributed by atoms with E-state index in [2.05, 4.69) is 9.72 Å². The first kappa shape index (κ1) is 16.2. The number of nitrogens with zero attached hydrogens (tertiary/aromatic N) is 2. The number of methoxy groups -OCH3 is 1. The van der Waals surface area contributed by atoms with Gasteiger partial charge in [-0.25, -0.2) is 4.79 Å². The van der Waals surface area contributed by atoms with Crippen LogP contribution in [-0.4, -0.2) is 28.4 Å². The van der Waals surface area contributed by atoms with Gasteiger partial charge in [0.25, 0.3) is 5.56 Å². The quantitative estimate of drug-likeness (QED) is 0.677. The second kappa shape index (κ2) is 6.32. The van der Waals surface area contributed by atoms with E-state index in [1.807, 2.05) is 6.92 Å². The first-order valence-corrected chi connectivity index (χ1v) is 6.79. The first-order valence-electron chi connectivity index (χ1n) is 6.79. The summed E-state index contributed by atoms with van der Waals surface area (Å²) in [7, 11) is 1.20. The number of aromatic amines is 1. The molecule has 0 aliphatic rings. The third-order valence-electron chi connectivity index (χ3n) is 3.39. The fourth-order valence-electron chi connectivity index (χ4n) is 2.32. The summed E-state index contributed by atoms with van der Waals surface area (Å²) in [5.41, 5.74) is 1.19. The van der Waals surface area contributed by atoms with Crippen molar-refractivity contribution < 1.29 is 14.3 Å². The molecule has 0 radical (unpaired) electrons. The molecule has 0 aromatic carbocycles. The second-order valence-electron chi connectivity index (χ2n) is 5.09. The zero-order valence-corrected chi connectivity index (χ0v) is 13.0. The molecule has 0 fully saturated rings. The number of ether oxygens (including phenoxy) is 1. The van der Waals surface area contributed by atoms with Crippen LogP contribution in [0.5, 0.6) is 0 Å². The lowest BCUT2D eigenvalue weighted by atomic mass is 10.1. The van der Waals surface area contributed by atoms with Crippen LogP contribution in [0.25, 0.3) is 0 Å². The highest BCUT2D eigenvalue weighted by atomic mass is 16.5. The molecule has 118 valence electrons. The van der Waals surface area contributed by atoms with Crippen LogP contribution >= 0.6 is 0 Å². The number of pyridine rings is 1. The van der Waals surface area contributed by atoms with Gasteiger partial charge in [0.2, 0.25) is 0 Å². The number of Topliss-reactive ketones (excluding diaryl/α,β-unsaturated/α-hetero) is 1. The van der Waals surface area contributed by atoms with Crippen LogP contribution in [0.1, 0.15) is 37.7 Å². The molecule has 2 aromatic rings. The lowest BCUT2D eigenvalue weighted by molar-refractivity contribution is 0.0599. The Kier molecular flexibility index (Phi) is 4.46. The number of carbonyl (C=O) groups is 2. The summed E-state index contributed by atoms with van der Waals surface area (Å²) in [4.78, 5) is 39.2. The van der Waals surface area contributed by atoms with E-state index in [0.717, 1.165) is 16.3 Å². The Hall–Kier alpha value is -3.14. The molecular formula is C16H15N3O4. The maximum atomic E-state index is 12.4. The molecule has 0 saturated heterocycles. The highest BCUT2D eigenvalue weighted by Gasteiger charge is 2.17. The summed E-state index contributed by atoms with van der Waals surface area (Å²) in [6, 6.07) is 4.57. The van der Waals surface area contributed by atoms with E-state index in [0.29, 0.717) is 11.3 Å². The van der Waals surface area contributed by atoms with Crippen LogP contribution in [0, 0.1) is 25.2 Å². The predicted octanol–water partition coefficient (Wildman–Crippen LogP) is 1.33. The van der Waals surface area contributed by atoms with E-state index >= 15 is 0 Å². The van der Waals surface area contributed by atoms with Crippen LogP contribution in [0.3, 0.4) is 0 Å². The Morgan fingerprint density at radius 1 is 1.35 bits per heavy atom. The van der Waals surface area contributed by atoms with Crippen molar-refractivity contribution in [2.45, 2.75) is 20.4 Å². The second-order valence-corrected chi connectivity index (χ2v) is 5.09. The molecule has 0 unspecified atom stereocenters. The van der Waals surface area contributed by atoms with Crippen molar-refractivity contribution in [3.8, 4) is 6.07 Å². The molecule has 0 aliphatic carbocycles. The number of aryl methyl sites for hydroxylation is 2. The number of nitriles is 1. The van der Waals surface area contributed by atoms with E-state index < -0.39 is 11.5 Å². The van der Waals surface area contributed by atoms with Gasteiger partial charge in [0.15, 0.2) is 5.78 Å². The molecule has 7 nitrogen and oxygen atoms in total. The van der Waals surface area contributed by atoms with Crippen molar-refractivity contribution >= 4 is 11.8 Å². The number of nitrogens with one attached hydrogen (secondary N) is 1. The highest BCUT2D eigenvalue weighted by Crippen LogP contribution is 2.11. The van der Waals surface area contributed by atoms with Gasteiger partial charge >= 0.3 is 5.97 Å². The summed E-state index contributed by atoms with van der Waals surface area (Å²) in [5.74, 6) is -0.976. The molecule has 0 saturated carbocycles. The van der Waals surface area contributed by atoms with Crippen molar-refractivity contribution in [1.29, 1.82) is 5.26 Å². The van der Waals surface area contributed by atoms with Gasteiger partial charge in [0.05, 0.1) is 19.2 Å². The van der Waals surface area contributed by atoms with Crippen LogP contribution in [-0.2, 0) is 11.3 Å². The summed E-state index contributed by atoms with van der Waals surface area (Å²) < 4.78 is 5.64. The molecular weight excluding hydrogens is 298 g/mol. The number of rotatable bonds is 4. The molecule has 2 heterocycles. The van der Waals surface area contributed by atoms with Crippen molar-refractivity contribution in [2.24, 2.45) is 0 Å². The molecule has 0 bridgehead atoms. The molecule has 0 atom stereocenters. The van der Waals surface area contributed by atoms with E-state index in [4.69, 9.17) is 5.26 Å². The number of H-pyrrole nitrogens is 1. The molecule has 2 rings (SSSR count). The summed E-state index contributed by atoms with van der Waals surface area (Å²) in [6.45, 7) is 3.31. The van der Waals surface area contributed by atoms with E-state index in [9.17, 15) is 14.4 Å². The normalized spacial score (nSPS) is 10.2. The first-order chi connectivity index (χ1) is 10.9. The highest BCUT2D eigenvalue weighted by molar-refractivity contribution is 5.97. The fraction of sp³-hybridized carbons (Fsp3) is 0.250. The van der Waals surface area contributed by atoms with Gasteiger partial charge in [-0.3, -0.25) is 9.59 Å². The lowest BCUT2D eigenvalue weighted by Crippen LogP contribution is -2.27. The number of ketones is 1. The van der Waals surface area contributed by atoms with Gasteiger partial charge in [0.1, 0.15) is 11.6 Å². The molecule has 23 heavy (non-hydrogen) atoms. The predicted molar refractivity (Wildman–Crippen MR) is 81.4 cm³/mol. The SMILES string of the molecule is COC(=O)c1cc(C#N)c(=O)n(CC(=O)c2cc(C)[nH]c2C)c1. The minimum atomic E-state index is -0.684. The van der Waals surface area contributed by atoms with E-state index in [-0.39, 0.29) is 23.5 Å². The minimum Gasteiger partial charge on any atom is -0.465 e. The van der Waals surface area contributed by atoms with Gasteiger partial charge in [-0.2, -0.15) is 5.26 Å². The number of aromatic nitrogens is 2. The summed E-state index contributed by atoms with van der Waals surface area (Å²) in [5, 5.41) is 9.02. The third-order valence-corrected chi connectivity index (χ3v) is 3.39. The van der Waals surface area contributed by atoms with Crippen LogP contribution in [0.4, 0.5) is 0 Å². The van der Waals surface area contributed by atoms with E-state index in [1.54, 1.807) is 19.1 Å². The molecule has 0 aliphatic heterocycles. The maximum absolute atomic E-state index is 12.4. The third kappa shape index (κ3) is 3.21. The van der Waals surface area contributed by atoms with Gasteiger partial charge in [0, 0.05) is 23.1 Å². The molecule has 0 amide bonds. The fourth-order valence-corrected chi connectivity index (χ4v) is 2.32. The number of hydrogen-bond donors (Lipinski definition) is 1. The smallest absolute Gasteiger partial charge is 0.339 e. The van der Waals surface area contributed by atoms with Gasteiger partial charge < -0.3 is 14.3 Å². The molecule has 1 N–H and O–H groups in total. The zero-order valence-electron chi connectivity index (χ0n) is 13.0. The van der Waals surface area contributed by atoms with Crippen molar-refractivity contribution in [2.75, 3.05) is 7.11 Å². The average molecular weight is 313 g/mol. The average Bonchev–Trinajstić information content (AvgIpc) is 2.87. The Bertz CT molecular complexity index is 884. The molecule has 2 aromatic heterocycles. The largest absolute Gasteiger partial charge is 0.465 e. The summed E-state index contributed by atoms with van der Waals surface area (Å²) in [6.07, 6.45) is 1.22. The summed E-state index contributed by atoms with van der Waals surface area (Å²) >= 11 is 0. The van der Waals surface area contributed by atoms with Crippen LogP contribution in [0.15, 0.2) is 23.1 Å². The Labute approximate surface area is 132 Å². The number of hydrogen-bond acceptors (Lipinski definition) is 5. The van der Waals surface area contributed by atoms with Crippen molar-refractivity contribution in [1.82, 2.24) is 9.55 Å². The molecule has 7 heteroatoms. The van der Waals surface area contributed by atoms with Gasteiger partial charge in [-0.1, -0.05) is 0 Å². The van der Waals surface area contributed by atoms with Gasteiger partial charge in [-0.15, -0.1) is 0 Å². The van der Waals surface area contributed by atoms with Crippen LogP contribution in [0.2, 0.25) is 0 Å². The standard InChI is InChI=1S/C16H15N3O4/c1-9-4-13(10(2)18-9)14(20)8-19-7-12(16(22)23-3)5-11(6-17)15(19)21/h4-5,7,18H,8H2,1-3H3. The lowest BCUT2D eigenvalue weighted by Gasteiger charge is -2.08. The Balaban J connectivity index is 2.45. The van der Waals surface area contributed by atoms with E-state index in [1.165, 1.54) is 13.3 Å². The van der Waals surface area contributed by atoms with Crippen LogP contribution < -0.4 is 5.56 Å². The number of esters is 1. The maximum Gasteiger partial charge on any atom is 0.339 e. The monoisotopic (exact) mass is 313 g/mol. The Morgan fingerprint density at radius 2 is 2.04 bits per heavy atom. The topological polar surface area (TPSA) is 105 Å². The van der Waals surface area contributed by atoms with Crippen molar-refractivity contribution in [3.63, 3.8) is 0 Å². The zero-order chi connectivity index (χ0) is 17.1. The number of carbonyl (C=O) groups excluding carboxylic acids is 2. The molecule has 0 spiro atoms.